The summed E-state index contributed by atoms with van der Waals surface area (Å²) >= 11 is 0. The third-order valence-electron chi connectivity index (χ3n) is 13.4. The van der Waals surface area contributed by atoms with E-state index in [9.17, 15) is 39.3 Å². The monoisotopic (exact) mass is 1140 g/mol. The van der Waals surface area contributed by atoms with Crippen molar-refractivity contribution in [2.45, 2.75) is 163 Å². The van der Waals surface area contributed by atoms with Gasteiger partial charge in [-0.05, 0) is 149 Å². The van der Waals surface area contributed by atoms with Crippen molar-refractivity contribution in [3.8, 4) is 23.6 Å². The molecule has 0 bridgehead atoms. The first-order valence-electron chi connectivity index (χ1n) is 27.0. The molecule has 3 radical (unpaired) electrons. The largest absolute Gasteiger partial charge is 1.00 e. The number of hydrogen-bond acceptors (Lipinski definition) is 16. The van der Waals surface area contributed by atoms with E-state index in [2.05, 4.69) is 78.1 Å². The van der Waals surface area contributed by atoms with E-state index in [1.54, 1.807) is 6.07 Å². The van der Waals surface area contributed by atoms with Crippen LogP contribution in [0.15, 0.2) is 97.1 Å². The summed E-state index contributed by atoms with van der Waals surface area (Å²) in [4.78, 5) is 73.7. The summed E-state index contributed by atoms with van der Waals surface area (Å²) in [5, 5.41) is 24.7. The van der Waals surface area contributed by atoms with Crippen LogP contribution in [0.5, 0.6) is 11.5 Å². The van der Waals surface area contributed by atoms with E-state index in [-0.39, 0.29) is 97.5 Å². The molecule has 0 aromatic heterocycles. The summed E-state index contributed by atoms with van der Waals surface area (Å²) in [6, 6.07) is 35.5. The number of alkyl carbamates (subject to hydrolysis) is 2. The quantitative estimate of drug-likeness (QED) is 0.0445. The van der Waals surface area contributed by atoms with E-state index in [0.29, 0.717) is 35.5 Å². The van der Waals surface area contributed by atoms with Crippen LogP contribution in [0.4, 0.5) is 9.59 Å². The maximum Gasteiger partial charge on any atom is 1.00 e. The van der Waals surface area contributed by atoms with Gasteiger partial charge < -0.3 is 52.0 Å². The summed E-state index contributed by atoms with van der Waals surface area (Å²) in [6.45, 7) is 9.37. The van der Waals surface area contributed by atoms with Crippen LogP contribution in [-0.2, 0) is 69.1 Å². The van der Waals surface area contributed by atoms with Gasteiger partial charge in [-0.2, -0.15) is 10.5 Å². The van der Waals surface area contributed by atoms with Crippen molar-refractivity contribution in [2.75, 3.05) is 20.6 Å². The van der Waals surface area contributed by atoms with Gasteiger partial charge in [-0.1, -0.05) is 100 Å². The fraction of sp³-hybridized carbons (Fsp3) is 0.484. The van der Waals surface area contributed by atoms with Gasteiger partial charge in [0.25, 0.3) is 0 Å². The first kappa shape index (κ1) is 71.2. The van der Waals surface area contributed by atoms with Gasteiger partial charge in [-0.15, -0.1) is 0 Å². The fourth-order valence-electron chi connectivity index (χ4n) is 9.81. The van der Waals surface area contributed by atoms with E-state index >= 15 is 0 Å². The summed E-state index contributed by atoms with van der Waals surface area (Å²) in [6.07, 6.45) is 12.4. The molecule has 2 spiro atoms. The van der Waals surface area contributed by atoms with Crippen molar-refractivity contribution in [1.29, 1.82) is 10.5 Å². The van der Waals surface area contributed by atoms with E-state index in [1.807, 2.05) is 91.0 Å². The molecule has 8 rings (SSSR count). The van der Waals surface area contributed by atoms with Crippen molar-refractivity contribution < 1.29 is 91.7 Å². The number of aldehydes is 1. The normalized spacial score (nSPS) is 19.7. The van der Waals surface area contributed by atoms with Crippen LogP contribution in [0.1, 0.15) is 146 Å². The van der Waals surface area contributed by atoms with Crippen LogP contribution in [-0.4, -0.2) is 94.3 Å². The SMILES string of the molecule is C.CC(=O)OOC(C)=O.CCC.CN(C)CCCc1ccc(C#N)c(OC2CC3(CC(NC(=O)OCc4ccccc4)C3)C2)c1.N#Cc1ccc(CCC=O)cc1OC1CC2(CC(NC(=O)OCc3ccccc3)C2)C1.[B-]OC(C)=O.[Na+]. The molecule has 0 aliphatic heterocycles. The summed E-state index contributed by atoms with van der Waals surface area (Å²) in [5.74, 6) is -0.437. The second-order valence-corrected chi connectivity index (χ2v) is 20.9. The number of nitriles is 2. The number of carbonyl (C=O) groups excluding carboxylic acids is 6. The standard InChI is InChI=1S/C27H33N3O3.C25H26N2O4.C4H6O4.C3H8.C2H3BO2.CH4.Na/c1-30(2)12-6-9-20-10-11-22(18-28)25(13-20)33-24-16-27(17-24)14-23(15-27)29-26(31)32-19-21-7-4-3-5-8-21;26-16-20-9-8-18(7-4-10-28)11-23(20)31-22-14-25(15-22)12-21(13-25)27-24(29)30-17-19-5-2-1-3-6-19;1-3(5)7-8-4(2)6;1-3-2;1-2(4)5-3;;/h3-5,7-8,10-11,13,23-24H,6,9,12,14-17,19H2,1-2H3,(H,29,31);1-3,5-6,8-11,21-22H,4,7,12-15,17H2,(H,27,29);1-2H3;3H2,1-2H3;1H3;1H4;/q;;;;-1;;+1. The first-order valence-corrected chi connectivity index (χ1v) is 27.0. The van der Waals surface area contributed by atoms with Gasteiger partial charge in [0.1, 0.15) is 43.1 Å². The molecule has 4 fully saturated rings. The molecule has 0 atom stereocenters. The number of rotatable bonds is 17. The second-order valence-electron chi connectivity index (χ2n) is 20.9. The van der Waals surface area contributed by atoms with Gasteiger partial charge in [-0.25, -0.2) is 29.0 Å². The first-order chi connectivity index (χ1) is 38.3. The molecule has 4 saturated carbocycles. The van der Waals surface area contributed by atoms with E-state index in [1.165, 1.54) is 18.9 Å². The van der Waals surface area contributed by atoms with E-state index in [0.717, 1.165) is 108 Å². The zero-order valence-corrected chi connectivity index (χ0v) is 50.2. The maximum absolute atomic E-state index is 12.1. The summed E-state index contributed by atoms with van der Waals surface area (Å²) in [7, 11) is 8.48. The number of hydrogen-bond donors (Lipinski definition) is 2. The predicted octanol–water partition coefficient (Wildman–Crippen LogP) is 7.69. The number of aryl methyl sites for hydroxylation is 2. The van der Waals surface area contributed by atoms with Crippen LogP contribution >= 0.6 is 0 Å². The van der Waals surface area contributed by atoms with Crippen LogP contribution in [0.2, 0.25) is 0 Å². The molecule has 4 aliphatic carbocycles. The van der Waals surface area contributed by atoms with Gasteiger partial charge in [0.2, 0.25) is 5.97 Å². The molecule has 0 saturated heterocycles. The Morgan fingerprint density at radius 2 is 1.00 bits per heavy atom. The van der Waals surface area contributed by atoms with Gasteiger partial charge in [0.05, 0.1) is 23.3 Å². The zero-order valence-electron chi connectivity index (χ0n) is 48.2. The average Bonchev–Trinajstić information content (AvgIpc) is 2.25. The van der Waals surface area contributed by atoms with E-state index < -0.39 is 17.9 Å². The minimum absolute atomic E-state index is 0. The smallest absolute Gasteiger partial charge is 0.793 e. The molecule has 82 heavy (non-hydrogen) atoms. The summed E-state index contributed by atoms with van der Waals surface area (Å²) in [5.41, 5.74) is 5.76. The average molecular weight is 1140 g/mol. The Labute approximate surface area is 507 Å². The number of ether oxygens (including phenoxy) is 4. The molecule has 4 aromatic rings. The molecule has 20 heteroatoms. The van der Waals surface area contributed by atoms with Gasteiger partial charge in [-0.3, -0.25) is 4.79 Å². The summed E-state index contributed by atoms with van der Waals surface area (Å²) < 4.78 is 26.6. The minimum atomic E-state index is -0.639. The van der Waals surface area contributed by atoms with Crippen LogP contribution in [0.25, 0.3) is 0 Å². The molecule has 2 amide bonds. The maximum atomic E-state index is 12.1. The Balaban J connectivity index is 0.000000435. The third kappa shape index (κ3) is 25.5. The van der Waals surface area contributed by atoms with Crippen LogP contribution in [0, 0.1) is 33.5 Å². The van der Waals surface area contributed by atoms with Crippen molar-refractivity contribution in [3.05, 3.63) is 130 Å². The van der Waals surface area contributed by atoms with Crippen LogP contribution < -0.4 is 49.7 Å². The van der Waals surface area contributed by atoms with Gasteiger partial charge in [0.15, 0.2) is 0 Å². The molecule has 18 nitrogen and oxygen atoms in total. The number of nitrogens with one attached hydrogen (secondary N) is 2. The molecule has 2 N–H and O–H groups in total. The molecule has 4 aliphatic rings. The zero-order chi connectivity index (χ0) is 58.5. The van der Waals surface area contributed by atoms with E-state index in [4.69, 9.17) is 18.9 Å². The molecular formula is C62H80BN5NaO13. The third-order valence-corrected chi connectivity index (χ3v) is 13.4. The topological polar surface area (TPSA) is 242 Å². The molecule has 0 unspecified atom stereocenters. The Hall–Kier alpha value is -6.90. The van der Waals surface area contributed by atoms with Gasteiger partial charge in [0, 0.05) is 39.3 Å². The number of benzene rings is 4. The van der Waals surface area contributed by atoms with Crippen LogP contribution in [0.3, 0.4) is 0 Å². The minimum Gasteiger partial charge on any atom is -0.793 e. The predicted molar refractivity (Wildman–Crippen MR) is 305 cm³/mol. The van der Waals surface area contributed by atoms with Crippen molar-refractivity contribution >= 4 is 44.4 Å². The number of amides is 2. The molecule has 435 valence electrons. The van der Waals surface area contributed by atoms with Crippen molar-refractivity contribution in [3.63, 3.8) is 0 Å². The second kappa shape index (κ2) is 37.3. The van der Waals surface area contributed by atoms with Crippen molar-refractivity contribution in [1.82, 2.24) is 15.5 Å². The Kier molecular flexibility index (Phi) is 32.4. The van der Waals surface area contributed by atoms with Gasteiger partial charge >= 0.3 is 53.7 Å². The fourth-order valence-corrected chi connectivity index (χ4v) is 9.81. The molecule has 0 heterocycles. The Morgan fingerprint density at radius 3 is 1.33 bits per heavy atom. The molecule has 4 aromatic carbocycles. The number of nitrogens with zero attached hydrogens (tertiary/aromatic N) is 3. The Morgan fingerprint density at radius 1 is 0.622 bits per heavy atom. The van der Waals surface area contributed by atoms with Crippen molar-refractivity contribution in [2.24, 2.45) is 10.8 Å². The Bertz CT molecular complexity index is 2680. The number of carbonyl (C=O) groups is 6. The molecular weight excluding hydrogens is 1060 g/mol.